The van der Waals surface area contributed by atoms with Gasteiger partial charge < -0.3 is 16.4 Å². The van der Waals surface area contributed by atoms with E-state index in [0.717, 1.165) is 0 Å². The summed E-state index contributed by atoms with van der Waals surface area (Å²) in [5, 5.41) is 5.49. The second kappa shape index (κ2) is 8.50. The SMILES string of the molecule is CCC(=O)Nc1ccc(NC(=O)C(C)CN)cc1.Cl. The minimum atomic E-state index is -0.218. The van der Waals surface area contributed by atoms with Crippen LogP contribution in [0.5, 0.6) is 0 Å². The molecule has 1 unspecified atom stereocenters. The Morgan fingerprint density at radius 2 is 1.63 bits per heavy atom. The predicted molar refractivity (Wildman–Crippen MR) is 79.5 cm³/mol. The zero-order valence-corrected chi connectivity index (χ0v) is 11.9. The van der Waals surface area contributed by atoms with Gasteiger partial charge in [0.25, 0.3) is 0 Å². The molecule has 4 N–H and O–H groups in total. The van der Waals surface area contributed by atoms with E-state index in [1.807, 2.05) is 0 Å². The summed E-state index contributed by atoms with van der Waals surface area (Å²) in [6.07, 6.45) is 0.437. The van der Waals surface area contributed by atoms with Gasteiger partial charge in [-0.3, -0.25) is 9.59 Å². The van der Waals surface area contributed by atoms with Gasteiger partial charge >= 0.3 is 0 Å². The number of carbonyl (C=O) groups is 2. The lowest BCUT2D eigenvalue weighted by Gasteiger charge is -2.10. The number of carbonyl (C=O) groups excluding carboxylic acids is 2. The molecule has 0 fully saturated rings. The molecule has 6 heteroatoms. The average Bonchev–Trinajstić information content (AvgIpc) is 2.39. The molecule has 0 aromatic heterocycles. The smallest absolute Gasteiger partial charge is 0.228 e. The maximum absolute atomic E-state index is 11.6. The monoisotopic (exact) mass is 285 g/mol. The van der Waals surface area contributed by atoms with Crippen LogP contribution in [-0.2, 0) is 9.59 Å². The van der Waals surface area contributed by atoms with Crippen LogP contribution in [0.4, 0.5) is 11.4 Å². The van der Waals surface area contributed by atoms with E-state index in [2.05, 4.69) is 10.6 Å². The van der Waals surface area contributed by atoms with Gasteiger partial charge in [0.05, 0.1) is 0 Å². The first-order valence-corrected chi connectivity index (χ1v) is 5.97. The van der Waals surface area contributed by atoms with Gasteiger partial charge in [0, 0.05) is 30.3 Å². The molecule has 0 radical (unpaired) electrons. The molecule has 0 saturated heterocycles. The summed E-state index contributed by atoms with van der Waals surface area (Å²) >= 11 is 0. The number of hydrogen-bond donors (Lipinski definition) is 3. The van der Waals surface area contributed by atoms with Crippen molar-refractivity contribution in [3.05, 3.63) is 24.3 Å². The highest BCUT2D eigenvalue weighted by Crippen LogP contribution is 2.14. The second-order valence-electron chi connectivity index (χ2n) is 4.11. The molecule has 0 saturated carbocycles. The van der Waals surface area contributed by atoms with Gasteiger partial charge in [-0.15, -0.1) is 12.4 Å². The highest BCUT2D eigenvalue weighted by atomic mass is 35.5. The summed E-state index contributed by atoms with van der Waals surface area (Å²) in [6.45, 7) is 3.87. The summed E-state index contributed by atoms with van der Waals surface area (Å²) in [4.78, 5) is 22.8. The number of halogens is 1. The van der Waals surface area contributed by atoms with Crippen LogP contribution in [0.25, 0.3) is 0 Å². The zero-order chi connectivity index (χ0) is 13.5. The Bertz CT molecular complexity index is 420. The summed E-state index contributed by atoms with van der Waals surface area (Å²) in [5.41, 5.74) is 6.82. The van der Waals surface area contributed by atoms with Crippen LogP contribution in [-0.4, -0.2) is 18.4 Å². The van der Waals surface area contributed by atoms with E-state index in [1.54, 1.807) is 38.1 Å². The maximum Gasteiger partial charge on any atom is 0.228 e. The van der Waals surface area contributed by atoms with E-state index < -0.39 is 0 Å². The third-order valence-electron chi connectivity index (χ3n) is 2.56. The summed E-state index contributed by atoms with van der Waals surface area (Å²) < 4.78 is 0. The number of amides is 2. The average molecular weight is 286 g/mol. The minimum absolute atomic E-state index is 0. The van der Waals surface area contributed by atoms with E-state index in [4.69, 9.17) is 5.73 Å². The largest absolute Gasteiger partial charge is 0.330 e. The maximum atomic E-state index is 11.6. The van der Waals surface area contributed by atoms with Gasteiger partial charge in [-0.2, -0.15) is 0 Å². The van der Waals surface area contributed by atoms with Crippen LogP contribution in [0.15, 0.2) is 24.3 Å². The molecule has 5 nitrogen and oxygen atoms in total. The zero-order valence-electron chi connectivity index (χ0n) is 11.1. The third-order valence-corrected chi connectivity index (χ3v) is 2.56. The first-order chi connectivity index (χ1) is 8.56. The minimum Gasteiger partial charge on any atom is -0.330 e. The van der Waals surface area contributed by atoms with Crippen molar-refractivity contribution in [3.8, 4) is 0 Å². The summed E-state index contributed by atoms with van der Waals surface area (Å²) in [5.74, 6) is -0.365. The molecule has 106 valence electrons. The van der Waals surface area contributed by atoms with Gasteiger partial charge in [0.2, 0.25) is 11.8 Å². The molecule has 1 atom stereocenters. The molecule has 0 aliphatic rings. The van der Waals surface area contributed by atoms with Gasteiger partial charge in [0.15, 0.2) is 0 Å². The van der Waals surface area contributed by atoms with Crippen LogP contribution in [0.3, 0.4) is 0 Å². The van der Waals surface area contributed by atoms with E-state index in [0.29, 0.717) is 24.3 Å². The Morgan fingerprint density at radius 1 is 1.16 bits per heavy atom. The Kier molecular flexibility index (Phi) is 7.79. The van der Waals surface area contributed by atoms with Gasteiger partial charge in [-0.25, -0.2) is 0 Å². The Morgan fingerprint density at radius 3 is 2.05 bits per heavy atom. The first-order valence-electron chi connectivity index (χ1n) is 5.97. The van der Waals surface area contributed by atoms with E-state index >= 15 is 0 Å². The fraction of sp³-hybridized carbons (Fsp3) is 0.385. The number of nitrogens with two attached hydrogens (primary N) is 1. The standard InChI is InChI=1S/C13H19N3O2.ClH/c1-3-12(17)15-10-4-6-11(7-5-10)16-13(18)9(2)8-14;/h4-7,9H,3,8,14H2,1-2H3,(H,15,17)(H,16,18);1H. The molecule has 1 aromatic carbocycles. The molecule has 2 amide bonds. The lowest BCUT2D eigenvalue weighted by molar-refractivity contribution is -0.119. The van der Waals surface area contributed by atoms with Crippen molar-refractivity contribution in [1.29, 1.82) is 0 Å². The molecule has 0 aliphatic heterocycles. The van der Waals surface area contributed by atoms with Crippen molar-refractivity contribution in [2.45, 2.75) is 20.3 Å². The summed E-state index contributed by atoms with van der Waals surface area (Å²) in [7, 11) is 0. The molecular formula is C13H20ClN3O2. The third kappa shape index (κ3) is 5.72. The summed E-state index contributed by atoms with van der Waals surface area (Å²) in [6, 6.07) is 6.98. The van der Waals surface area contributed by atoms with Crippen molar-refractivity contribution in [2.24, 2.45) is 11.7 Å². The lowest BCUT2D eigenvalue weighted by atomic mass is 10.1. The van der Waals surface area contributed by atoms with Crippen LogP contribution in [0.2, 0.25) is 0 Å². The number of hydrogen-bond acceptors (Lipinski definition) is 3. The molecule has 1 rings (SSSR count). The Labute approximate surface area is 119 Å². The van der Waals surface area contributed by atoms with Gasteiger partial charge in [-0.1, -0.05) is 13.8 Å². The molecule has 1 aromatic rings. The lowest BCUT2D eigenvalue weighted by Crippen LogP contribution is -2.26. The van der Waals surface area contributed by atoms with Crippen molar-refractivity contribution in [1.82, 2.24) is 0 Å². The highest BCUT2D eigenvalue weighted by molar-refractivity contribution is 5.93. The van der Waals surface area contributed by atoms with Crippen molar-refractivity contribution in [3.63, 3.8) is 0 Å². The fourth-order valence-corrected chi connectivity index (χ4v) is 1.26. The normalized spacial score (nSPS) is 11.1. The molecule has 0 aliphatic carbocycles. The molecule has 19 heavy (non-hydrogen) atoms. The molecule has 0 heterocycles. The van der Waals surface area contributed by atoms with Crippen molar-refractivity contribution in [2.75, 3.05) is 17.2 Å². The van der Waals surface area contributed by atoms with Gasteiger partial charge in [0.1, 0.15) is 0 Å². The van der Waals surface area contributed by atoms with Crippen molar-refractivity contribution < 1.29 is 9.59 Å². The molecule has 0 bridgehead atoms. The second-order valence-corrected chi connectivity index (χ2v) is 4.11. The topological polar surface area (TPSA) is 84.2 Å². The number of nitrogens with one attached hydrogen (secondary N) is 2. The van der Waals surface area contributed by atoms with Gasteiger partial charge in [-0.05, 0) is 24.3 Å². The quantitative estimate of drug-likeness (QED) is 0.773. The van der Waals surface area contributed by atoms with E-state index in [9.17, 15) is 9.59 Å². The predicted octanol–water partition coefficient (Wildman–Crippen LogP) is 1.99. The van der Waals surface area contributed by atoms with Crippen LogP contribution in [0.1, 0.15) is 20.3 Å². The fourth-order valence-electron chi connectivity index (χ4n) is 1.26. The Balaban J connectivity index is 0.00000324. The van der Waals surface area contributed by atoms with E-state index in [-0.39, 0.29) is 30.1 Å². The van der Waals surface area contributed by atoms with Crippen LogP contribution >= 0.6 is 12.4 Å². The van der Waals surface area contributed by atoms with Crippen LogP contribution in [0, 0.1) is 5.92 Å². The highest BCUT2D eigenvalue weighted by Gasteiger charge is 2.10. The number of rotatable bonds is 5. The number of benzene rings is 1. The van der Waals surface area contributed by atoms with Crippen molar-refractivity contribution >= 4 is 35.6 Å². The number of anilines is 2. The first kappa shape index (κ1) is 17.4. The molecule has 0 spiro atoms. The molecular weight excluding hydrogens is 266 g/mol. The Hall–Kier alpha value is -1.59. The van der Waals surface area contributed by atoms with E-state index in [1.165, 1.54) is 0 Å². The van der Waals surface area contributed by atoms with Crippen LogP contribution < -0.4 is 16.4 Å².